The molecule has 0 saturated heterocycles. The van der Waals surface area contributed by atoms with E-state index in [0.29, 0.717) is 16.9 Å². The van der Waals surface area contributed by atoms with Gasteiger partial charge in [0.15, 0.2) is 0 Å². The van der Waals surface area contributed by atoms with E-state index in [4.69, 9.17) is 10.5 Å². The Kier molecular flexibility index (Phi) is 15.2. The standard InChI is InChI=1S/C40H76N2O/c1-5-6-7-8-9-10-11-12-13-14-17-28-42-29-18-20-32(2)34-22-23-35-38-36(24-26-40(34,35)4)39(3)25-16-15-21-33(39)31-37(38)43-30-19-27-41/h32-38,42H,5-31,41H2,1-4H3/t32-,33?,34?,35?,36?,37-,38?,39?,40?/m1/s1. The number of nitrogens with two attached hydrogens (primary N) is 1. The van der Waals surface area contributed by atoms with Crippen molar-refractivity contribution in [2.45, 2.75) is 181 Å². The first-order valence-corrected chi connectivity index (χ1v) is 20.0. The van der Waals surface area contributed by atoms with Crippen LogP contribution in [0.3, 0.4) is 0 Å². The minimum absolute atomic E-state index is 0.492. The van der Waals surface area contributed by atoms with Gasteiger partial charge in [0.2, 0.25) is 0 Å². The van der Waals surface area contributed by atoms with E-state index >= 15 is 0 Å². The predicted octanol–water partition coefficient (Wildman–Crippen LogP) is 10.7. The minimum Gasteiger partial charge on any atom is -0.378 e. The van der Waals surface area contributed by atoms with E-state index in [2.05, 4.69) is 33.0 Å². The molecular formula is C40H76N2O. The van der Waals surface area contributed by atoms with Crippen LogP contribution < -0.4 is 11.1 Å². The zero-order valence-electron chi connectivity index (χ0n) is 29.6. The van der Waals surface area contributed by atoms with Gasteiger partial charge in [-0.1, -0.05) is 105 Å². The monoisotopic (exact) mass is 601 g/mol. The molecule has 4 aliphatic rings. The topological polar surface area (TPSA) is 47.3 Å². The van der Waals surface area contributed by atoms with Crippen molar-refractivity contribution in [3.8, 4) is 0 Å². The number of hydrogen-bond donors (Lipinski definition) is 2. The van der Waals surface area contributed by atoms with E-state index in [1.54, 1.807) is 0 Å². The lowest BCUT2D eigenvalue weighted by molar-refractivity contribution is -0.180. The second kappa shape index (κ2) is 18.3. The largest absolute Gasteiger partial charge is 0.378 e. The summed E-state index contributed by atoms with van der Waals surface area (Å²) >= 11 is 0. The Hall–Kier alpha value is -0.120. The summed E-state index contributed by atoms with van der Waals surface area (Å²) in [5.74, 6) is 5.21. The number of unbranched alkanes of at least 4 members (excludes halogenated alkanes) is 10. The molecule has 3 nitrogen and oxygen atoms in total. The van der Waals surface area contributed by atoms with Gasteiger partial charge in [0.25, 0.3) is 0 Å². The lowest BCUT2D eigenvalue weighted by atomic mass is 9.44. The van der Waals surface area contributed by atoms with Crippen LogP contribution in [0.2, 0.25) is 0 Å². The van der Waals surface area contributed by atoms with Crippen molar-refractivity contribution in [3.63, 3.8) is 0 Å². The van der Waals surface area contributed by atoms with Gasteiger partial charge in [-0.05, 0) is 137 Å². The van der Waals surface area contributed by atoms with Gasteiger partial charge < -0.3 is 15.8 Å². The quantitative estimate of drug-likeness (QED) is 0.129. The SMILES string of the molecule is CCCCCCCCCCCCCNCCC[C@@H](C)C1CCC2C3C(CCC21C)C1(C)CCCCC1C[C@H]3OCCCN. The maximum Gasteiger partial charge on any atom is 0.0611 e. The molecule has 0 amide bonds. The van der Waals surface area contributed by atoms with E-state index in [9.17, 15) is 0 Å². The molecule has 3 heteroatoms. The lowest BCUT2D eigenvalue weighted by Gasteiger charge is -2.62. The summed E-state index contributed by atoms with van der Waals surface area (Å²) in [6.07, 6.45) is 33.1. The number of hydrogen-bond acceptors (Lipinski definition) is 3. The molecule has 0 radical (unpaired) electrons. The van der Waals surface area contributed by atoms with Crippen LogP contribution in [0.25, 0.3) is 0 Å². The molecule has 9 atom stereocenters. The van der Waals surface area contributed by atoms with Gasteiger partial charge in [-0.3, -0.25) is 0 Å². The fourth-order valence-corrected chi connectivity index (χ4v) is 11.5. The van der Waals surface area contributed by atoms with Gasteiger partial charge in [0.1, 0.15) is 0 Å². The van der Waals surface area contributed by atoms with Crippen molar-refractivity contribution < 1.29 is 4.74 Å². The molecule has 3 N–H and O–H groups in total. The fraction of sp³-hybridized carbons (Fsp3) is 1.00. The van der Waals surface area contributed by atoms with Crippen molar-refractivity contribution in [2.75, 3.05) is 26.2 Å². The van der Waals surface area contributed by atoms with Crippen molar-refractivity contribution in [2.24, 2.45) is 52.1 Å². The first-order valence-electron chi connectivity index (χ1n) is 20.0. The highest BCUT2D eigenvalue weighted by molar-refractivity contribution is 5.11. The molecule has 0 heterocycles. The molecule has 7 unspecified atom stereocenters. The third kappa shape index (κ3) is 9.24. The lowest BCUT2D eigenvalue weighted by Crippen LogP contribution is -2.58. The van der Waals surface area contributed by atoms with Crippen molar-refractivity contribution in [1.82, 2.24) is 5.32 Å². The highest BCUT2D eigenvalue weighted by Crippen LogP contribution is 2.68. The van der Waals surface area contributed by atoms with E-state index in [-0.39, 0.29) is 0 Å². The molecule has 0 spiro atoms. The average Bonchev–Trinajstić information content (AvgIpc) is 3.36. The Morgan fingerprint density at radius 1 is 0.744 bits per heavy atom. The molecule has 4 fully saturated rings. The normalized spacial score (nSPS) is 36.2. The summed E-state index contributed by atoms with van der Waals surface area (Å²) in [7, 11) is 0. The van der Waals surface area contributed by atoms with Crippen molar-refractivity contribution in [1.29, 1.82) is 0 Å². The summed E-state index contributed by atoms with van der Waals surface area (Å²) in [5, 5.41) is 3.80. The maximum absolute atomic E-state index is 6.81. The van der Waals surface area contributed by atoms with Crippen LogP contribution in [-0.2, 0) is 4.74 Å². The van der Waals surface area contributed by atoms with Crippen LogP contribution in [0, 0.1) is 46.3 Å². The second-order valence-corrected chi connectivity index (χ2v) is 16.7. The van der Waals surface area contributed by atoms with Gasteiger partial charge in [0.05, 0.1) is 6.10 Å². The summed E-state index contributed by atoms with van der Waals surface area (Å²) in [6, 6.07) is 0. The van der Waals surface area contributed by atoms with Crippen LogP contribution in [0.15, 0.2) is 0 Å². The fourth-order valence-electron chi connectivity index (χ4n) is 11.5. The summed E-state index contributed by atoms with van der Waals surface area (Å²) in [5.41, 5.74) is 6.99. The number of ether oxygens (including phenoxy) is 1. The first kappa shape index (κ1) is 35.7. The van der Waals surface area contributed by atoms with Crippen LogP contribution in [0.5, 0.6) is 0 Å². The Labute approximate surface area is 269 Å². The van der Waals surface area contributed by atoms with Gasteiger partial charge in [-0.15, -0.1) is 0 Å². The average molecular weight is 601 g/mol. The van der Waals surface area contributed by atoms with Gasteiger partial charge in [0, 0.05) is 6.61 Å². The molecule has 0 aromatic carbocycles. The molecule has 4 rings (SSSR count). The molecular weight excluding hydrogens is 524 g/mol. The Bertz CT molecular complexity index is 757. The molecule has 0 bridgehead atoms. The van der Waals surface area contributed by atoms with Crippen LogP contribution in [0.4, 0.5) is 0 Å². The molecule has 4 saturated carbocycles. The van der Waals surface area contributed by atoms with E-state index in [0.717, 1.165) is 55.1 Å². The second-order valence-electron chi connectivity index (χ2n) is 16.7. The van der Waals surface area contributed by atoms with Crippen molar-refractivity contribution >= 4 is 0 Å². The Morgan fingerprint density at radius 3 is 2.14 bits per heavy atom. The molecule has 252 valence electrons. The summed E-state index contributed by atoms with van der Waals surface area (Å²) < 4.78 is 6.81. The van der Waals surface area contributed by atoms with E-state index in [1.807, 2.05) is 0 Å². The van der Waals surface area contributed by atoms with Crippen LogP contribution >= 0.6 is 0 Å². The summed E-state index contributed by atoms with van der Waals surface area (Å²) in [4.78, 5) is 0. The van der Waals surface area contributed by atoms with Crippen LogP contribution in [0.1, 0.15) is 175 Å². The highest BCUT2D eigenvalue weighted by atomic mass is 16.5. The summed E-state index contributed by atoms with van der Waals surface area (Å²) in [6.45, 7) is 14.5. The van der Waals surface area contributed by atoms with E-state index < -0.39 is 0 Å². The number of rotatable bonds is 21. The molecule has 0 aromatic heterocycles. The third-order valence-corrected chi connectivity index (χ3v) is 14.0. The van der Waals surface area contributed by atoms with Gasteiger partial charge in [-0.25, -0.2) is 0 Å². The van der Waals surface area contributed by atoms with Gasteiger partial charge in [-0.2, -0.15) is 0 Å². The van der Waals surface area contributed by atoms with Crippen molar-refractivity contribution in [3.05, 3.63) is 0 Å². The zero-order chi connectivity index (χ0) is 30.5. The zero-order valence-corrected chi connectivity index (χ0v) is 29.6. The third-order valence-electron chi connectivity index (χ3n) is 14.0. The molecule has 0 aromatic rings. The first-order chi connectivity index (χ1) is 21.0. The smallest absolute Gasteiger partial charge is 0.0611 e. The van der Waals surface area contributed by atoms with E-state index in [1.165, 1.54) is 154 Å². The van der Waals surface area contributed by atoms with Gasteiger partial charge >= 0.3 is 0 Å². The Balaban J connectivity index is 1.17. The Morgan fingerprint density at radius 2 is 1.42 bits per heavy atom. The maximum atomic E-state index is 6.81. The molecule has 4 aliphatic carbocycles. The predicted molar refractivity (Wildman–Crippen MR) is 186 cm³/mol. The number of fused-ring (bicyclic) bond motifs is 5. The molecule has 43 heavy (non-hydrogen) atoms. The van der Waals surface area contributed by atoms with Crippen LogP contribution in [-0.4, -0.2) is 32.3 Å². The number of nitrogens with one attached hydrogen (secondary N) is 1. The minimum atomic E-state index is 0.492. The highest BCUT2D eigenvalue weighted by Gasteiger charge is 2.62. The molecule has 0 aliphatic heterocycles.